The van der Waals surface area contributed by atoms with Crippen molar-refractivity contribution in [1.29, 1.82) is 0 Å². The first-order valence-electron chi connectivity index (χ1n) is 3.60. The van der Waals surface area contributed by atoms with Crippen molar-refractivity contribution >= 4 is 17.3 Å². The highest BCUT2D eigenvalue weighted by Gasteiger charge is 2.11. The van der Waals surface area contributed by atoms with Gasteiger partial charge in [-0.05, 0) is 18.1 Å². The maximum absolute atomic E-state index is 10.4. The maximum atomic E-state index is 10.4. The molecule has 0 fully saturated rings. The summed E-state index contributed by atoms with van der Waals surface area (Å²) in [5, 5.41) is 19.6. The molecule has 0 amide bonds. The average molecular weight is 202 g/mol. The lowest BCUT2D eigenvalue weighted by Gasteiger charge is -2.03. The van der Waals surface area contributed by atoms with E-state index in [1.165, 1.54) is 12.1 Å². The van der Waals surface area contributed by atoms with Crippen molar-refractivity contribution in [3.63, 3.8) is 0 Å². The van der Waals surface area contributed by atoms with E-state index in [9.17, 15) is 10.1 Å². The van der Waals surface area contributed by atoms with Crippen LogP contribution < -0.4 is 0 Å². The standard InChI is InChI=1S/C8H8ClNO3/c1-5-6(4-11)2-7(10(12)13)3-8(5)9/h2-3,11H,4H2,1H3. The summed E-state index contributed by atoms with van der Waals surface area (Å²) in [6.45, 7) is 1.46. The molecule has 70 valence electrons. The summed E-state index contributed by atoms with van der Waals surface area (Å²) >= 11 is 5.73. The summed E-state index contributed by atoms with van der Waals surface area (Å²) in [6.07, 6.45) is 0. The number of halogens is 1. The Morgan fingerprint density at radius 1 is 1.62 bits per heavy atom. The fourth-order valence-corrected chi connectivity index (χ4v) is 1.22. The molecule has 0 spiro atoms. The van der Waals surface area contributed by atoms with Crippen LogP contribution in [0.1, 0.15) is 11.1 Å². The van der Waals surface area contributed by atoms with Crippen molar-refractivity contribution < 1.29 is 10.0 Å². The Labute approximate surface area is 79.9 Å². The first-order chi connectivity index (χ1) is 6.06. The molecule has 13 heavy (non-hydrogen) atoms. The molecule has 0 aromatic heterocycles. The van der Waals surface area contributed by atoms with Gasteiger partial charge >= 0.3 is 0 Å². The van der Waals surface area contributed by atoms with Crippen molar-refractivity contribution in [2.45, 2.75) is 13.5 Å². The summed E-state index contributed by atoms with van der Waals surface area (Å²) in [5.41, 5.74) is 1.06. The van der Waals surface area contributed by atoms with Gasteiger partial charge in [-0.3, -0.25) is 10.1 Å². The van der Waals surface area contributed by atoms with Gasteiger partial charge in [0.2, 0.25) is 0 Å². The van der Waals surface area contributed by atoms with Gasteiger partial charge in [-0.15, -0.1) is 0 Å². The van der Waals surface area contributed by atoms with Crippen LogP contribution in [0.4, 0.5) is 5.69 Å². The zero-order valence-corrected chi connectivity index (χ0v) is 7.71. The zero-order chi connectivity index (χ0) is 10.0. The third-order valence-electron chi connectivity index (χ3n) is 1.82. The molecule has 1 N–H and O–H groups in total. The minimum atomic E-state index is -0.537. The molecule has 0 radical (unpaired) electrons. The van der Waals surface area contributed by atoms with Gasteiger partial charge in [0.05, 0.1) is 16.6 Å². The number of aliphatic hydroxyl groups is 1. The highest BCUT2D eigenvalue weighted by molar-refractivity contribution is 6.31. The molecule has 5 heteroatoms. The van der Waals surface area contributed by atoms with Gasteiger partial charge in [0, 0.05) is 12.1 Å². The number of nitrogens with zero attached hydrogens (tertiary/aromatic N) is 1. The second-order valence-electron chi connectivity index (χ2n) is 2.63. The van der Waals surface area contributed by atoms with Crippen LogP contribution in [-0.2, 0) is 6.61 Å². The average Bonchev–Trinajstić information content (AvgIpc) is 2.09. The SMILES string of the molecule is Cc1c(Cl)cc([N+](=O)[O-])cc1CO. The van der Waals surface area contributed by atoms with Crippen molar-refractivity contribution in [1.82, 2.24) is 0 Å². The first-order valence-corrected chi connectivity index (χ1v) is 3.98. The number of rotatable bonds is 2. The van der Waals surface area contributed by atoms with E-state index in [1.807, 2.05) is 0 Å². The van der Waals surface area contributed by atoms with Crippen molar-refractivity contribution in [3.8, 4) is 0 Å². The van der Waals surface area contributed by atoms with E-state index in [-0.39, 0.29) is 12.3 Å². The highest BCUT2D eigenvalue weighted by Crippen LogP contribution is 2.25. The predicted molar refractivity (Wildman–Crippen MR) is 48.8 cm³/mol. The fraction of sp³-hybridized carbons (Fsp3) is 0.250. The van der Waals surface area contributed by atoms with E-state index in [1.54, 1.807) is 6.92 Å². The molecule has 0 aliphatic heterocycles. The molecular weight excluding hydrogens is 194 g/mol. The van der Waals surface area contributed by atoms with E-state index in [4.69, 9.17) is 16.7 Å². The minimum absolute atomic E-state index is 0.0975. The molecule has 0 bridgehead atoms. The fourth-order valence-electron chi connectivity index (χ4n) is 0.990. The van der Waals surface area contributed by atoms with E-state index in [0.717, 1.165) is 0 Å². The Bertz CT molecular complexity index is 351. The van der Waals surface area contributed by atoms with Crippen LogP contribution in [0.15, 0.2) is 12.1 Å². The molecule has 0 heterocycles. The molecule has 1 rings (SSSR count). The van der Waals surface area contributed by atoms with Crippen LogP contribution in [0.25, 0.3) is 0 Å². The molecule has 0 aliphatic rings. The van der Waals surface area contributed by atoms with Gasteiger partial charge < -0.3 is 5.11 Å². The Hall–Kier alpha value is -1.13. The topological polar surface area (TPSA) is 63.4 Å². The first kappa shape index (κ1) is 9.95. The Kier molecular flexibility index (Phi) is 2.85. The largest absolute Gasteiger partial charge is 0.392 e. The Morgan fingerprint density at radius 3 is 2.69 bits per heavy atom. The summed E-state index contributed by atoms with van der Waals surface area (Å²) in [7, 11) is 0. The van der Waals surface area contributed by atoms with Gasteiger partial charge in [0.15, 0.2) is 0 Å². The van der Waals surface area contributed by atoms with Crippen LogP contribution in [0.5, 0.6) is 0 Å². The monoisotopic (exact) mass is 201 g/mol. The summed E-state index contributed by atoms with van der Waals surface area (Å²) < 4.78 is 0. The molecule has 0 saturated carbocycles. The summed E-state index contributed by atoms with van der Waals surface area (Å²) in [5.74, 6) is 0. The Balaban J connectivity index is 3.30. The number of benzene rings is 1. The van der Waals surface area contributed by atoms with Gasteiger partial charge in [-0.25, -0.2) is 0 Å². The molecule has 0 saturated heterocycles. The quantitative estimate of drug-likeness (QED) is 0.588. The Morgan fingerprint density at radius 2 is 2.23 bits per heavy atom. The number of nitro benzene ring substituents is 1. The van der Waals surface area contributed by atoms with Gasteiger partial charge in [0.25, 0.3) is 5.69 Å². The second-order valence-corrected chi connectivity index (χ2v) is 3.03. The lowest BCUT2D eigenvalue weighted by atomic mass is 10.1. The smallest absolute Gasteiger partial charge is 0.271 e. The van der Waals surface area contributed by atoms with E-state index >= 15 is 0 Å². The van der Waals surface area contributed by atoms with E-state index in [0.29, 0.717) is 16.1 Å². The minimum Gasteiger partial charge on any atom is -0.392 e. The second kappa shape index (κ2) is 3.72. The van der Waals surface area contributed by atoms with Crippen LogP contribution in [0.2, 0.25) is 5.02 Å². The number of non-ortho nitro benzene ring substituents is 1. The van der Waals surface area contributed by atoms with E-state index in [2.05, 4.69) is 0 Å². The predicted octanol–water partition coefficient (Wildman–Crippen LogP) is 2.05. The summed E-state index contributed by atoms with van der Waals surface area (Å²) in [6, 6.07) is 2.59. The molecule has 1 aromatic rings. The number of nitro groups is 1. The molecule has 4 nitrogen and oxygen atoms in total. The van der Waals surface area contributed by atoms with Gasteiger partial charge in [0.1, 0.15) is 0 Å². The molecule has 0 unspecified atom stereocenters. The maximum Gasteiger partial charge on any atom is 0.271 e. The molecule has 1 aromatic carbocycles. The van der Waals surface area contributed by atoms with Crippen LogP contribution in [0, 0.1) is 17.0 Å². The number of hydrogen-bond acceptors (Lipinski definition) is 3. The molecular formula is C8H8ClNO3. The molecule has 0 aliphatic carbocycles. The summed E-state index contributed by atoms with van der Waals surface area (Å²) in [4.78, 5) is 9.86. The zero-order valence-electron chi connectivity index (χ0n) is 6.95. The highest BCUT2D eigenvalue weighted by atomic mass is 35.5. The normalized spacial score (nSPS) is 10.1. The lowest BCUT2D eigenvalue weighted by molar-refractivity contribution is -0.384. The lowest BCUT2D eigenvalue weighted by Crippen LogP contribution is -1.94. The number of hydrogen-bond donors (Lipinski definition) is 1. The van der Waals surface area contributed by atoms with Gasteiger partial charge in [-0.2, -0.15) is 0 Å². The van der Waals surface area contributed by atoms with Crippen molar-refractivity contribution in [2.75, 3.05) is 0 Å². The van der Waals surface area contributed by atoms with Gasteiger partial charge in [-0.1, -0.05) is 11.6 Å². The van der Waals surface area contributed by atoms with Crippen molar-refractivity contribution in [2.24, 2.45) is 0 Å². The van der Waals surface area contributed by atoms with E-state index < -0.39 is 4.92 Å². The van der Waals surface area contributed by atoms with Crippen molar-refractivity contribution in [3.05, 3.63) is 38.4 Å². The van der Waals surface area contributed by atoms with Crippen LogP contribution in [0.3, 0.4) is 0 Å². The third kappa shape index (κ3) is 1.96. The van der Waals surface area contributed by atoms with Crippen LogP contribution >= 0.6 is 11.6 Å². The third-order valence-corrected chi connectivity index (χ3v) is 2.21. The molecule has 0 atom stereocenters. The number of aliphatic hydroxyl groups excluding tert-OH is 1. The van der Waals surface area contributed by atoms with Crippen LogP contribution in [-0.4, -0.2) is 10.0 Å².